The minimum atomic E-state index is -0.343. The van der Waals surface area contributed by atoms with E-state index in [2.05, 4.69) is 28.8 Å². The Morgan fingerprint density at radius 1 is 1.21 bits per heavy atom. The molecule has 0 bridgehead atoms. The number of fused-ring (bicyclic) bond motifs is 1. The van der Waals surface area contributed by atoms with Crippen molar-refractivity contribution in [3.05, 3.63) is 64.6 Å². The average Bonchev–Trinajstić information content (AvgIpc) is 3.04. The van der Waals surface area contributed by atoms with Crippen LogP contribution in [0.2, 0.25) is 5.28 Å². The van der Waals surface area contributed by atoms with Crippen molar-refractivity contribution in [3.8, 4) is 11.3 Å². The van der Waals surface area contributed by atoms with E-state index in [1.165, 1.54) is 0 Å². The van der Waals surface area contributed by atoms with Gasteiger partial charge in [0.15, 0.2) is 0 Å². The zero-order chi connectivity index (χ0) is 20.1. The van der Waals surface area contributed by atoms with Crippen molar-refractivity contribution in [2.75, 3.05) is 0 Å². The second kappa shape index (κ2) is 6.71. The molecule has 7 heteroatoms. The van der Waals surface area contributed by atoms with E-state index in [9.17, 15) is 4.79 Å². The van der Waals surface area contributed by atoms with Crippen molar-refractivity contribution in [3.63, 3.8) is 0 Å². The number of carbonyl (C=O) groups excluding carboxylic acids is 1. The monoisotopic (exact) mass is 395 g/mol. The zero-order valence-electron chi connectivity index (χ0n) is 16.4. The predicted molar refractivity (Wildman–Crippen MR) is 108 cm³/mol. The van der Waals surface area contributed by atoms with Gasteiger partial charge in [-0.15, -0.1) is 0 Å². The fourth-order valence-electron chi connectivity index (χ4n) is 3.71. The molecule has 0 saturated heterocycles. The van der Waals surface area contributed by atoms with Gasteiger partial charge in [-0.2, -0.15) is 0 Å². The number of hydrogen-bond donors (Lipinski definition) is 0. The van der Waals surface area contributed by atoms with Crippen molar-refractivity contribution in [2.45, 2.75) is 46.3 Å². The Labute approximate surface area is 169 Å². The highest BCUT2D eigenvalue weighted by Gasteiger charge is 2.38. The van der Waals surface area contributed by atoms with E-state index in [1.54, 1.807) is 6.20 Å². The van der Waals surface area contributed by atoms with E-state index in [-0.39, 0.29) is 16.7 Å². The van der Waals surface area contributed by atoms with Gasteiger partial charge in [0.25, 0.3) is 5.91 Å². The largest absolute Gasteiger partial charge is 0.340 e. The number of pyridine rings is 1. The number of amides is 1. The molecule has 0 aliphatic carbocycles. The number of aryl methyl sites for hydroxylation is 2. The molecule has 0 unspecified atom stereocenters. The molecule has 6 nitrogen and oxygen atoms in total. The third-order valence-electron chi connectivity index (χ3n) is 5.13. The Bertz CT molecular complexity index is 1070. The third kappa shape index (κ3) is 3.29. The maximum absolute atomic E-state index is 13.3. The second-order valence-electron chi connectivity index (χ2n) is 7.89. The molecule has 0 saturated carbocycles. The Kier molecular flexibility index (Phi) is 4.46. The first kappa shape index (κ1) is 18.6. The fraction of sp³-hybridized carbons (Fsp3) is 0.333. The van der Waals surface area contributed by atoms with Gasteiger partial charge >= 0.3 is 0 Å². The molecular weight excluding hydrogens is 374 g/mol. The molecule has 0 spiro atoms. The highest BCUT2D eigenvalue weighted by atomic mass is 35.5. The molecule has 0 fully saturated rings. The smallest absolute Gasteiger partial charge is 0.271 e. The fourth-order valence-corrected chi connectivity index (χ4v) is 3.85. The van der Waals surface area contributed by atoms with Crippen LogP contribution in [0.5, 0.6) is 0 Å². The molecular formula is C21H22ClN5O. The van der Waals surface area contributed by atoms with Gasteiger partial charge in [-0.3, -0.25) is 9.78 Å². The van der Waals surface area contributed by atoms with Gasteiger partial charge in [0, 0.05) is 30.2 Å². The quantitative estimate of drug-likeness (QED) is 0.628. The van der Waals surface area contributed by atoms with Gasteiger partial charge in [-0.25, -0.2) is 9.97 Å². The number of aromatic nitrogens is 4. The summed E-state index contributed by atoms with van der Waals surface area (Å²) in [4.78, 5) is 28.2. The van der Waals surface area contributed by atoms with E-state index < -0.39 is 0 Å². The first-order valence-corrected chi connectivity index (χ1v) is 9.56. The van der Waals surface area contributed by atoms with Crippen molar-refractivity contribution in [2.24, 2.45) is 0 Å². The predicted octanol–water partition coefficient (Wildman–Crippen LogP) is 4.04. The minimum absolute atomic E-state index is 0.0105. The molecule has 3 aromatic rings. The van der Waals surface area contributed by atoms with E-state index >= 15 is 0 Å². The number of rotatable bonds is 3. The molecule has 1 aliphatic heterocycles. The Balaban J connectivity index is 1.72. The molecule has 1 amide bonds. The van der Waals surface area contributed by atoms with Gasteiger partial charge < -0.3 is 9.47 Å². The second-order valence-corrected chi connectivity index (χ2v) is 8.22. The topological polar surface area (TPSA) is 63.9 Å². The molecule has 4 heterocycles. The number of nitrogens with zero attached hydrogens (tertiary/aromatic N) is 5. The van der Waals surface area contributed by atoms with E-state index in [0.717, 1.165) is 28.2 Å². The van der Waals surface area contributed by atoms with E-state index in [4.69, 9.17) is 11.6 Å². The van der Waals surface area contributed by atoms with Crippen LogP contribution in [0.15, 0.2) is 36.7 Å². The van der Waals surface area contributed by atoms with Gasteiger partial charge in [0.1, 0.15) is 5.69 Å². The Morgan fingerprint density at radius 2 is 2.00 bits per heavy atom. The highest BCUT2D eigenvalue weighted by Crippen LogP contribution is 2.32. The summed E-state index contributed by atoms with van der Waals surface area (Å²) in [7, 11) is 0. The number of hydrogen-bond acceptors (Lipinski definition) is 4. The summed E-state index contributed by atoms with van der Waals surface area (Å²) < 4.78 is 2.01. The Morgan fingerprint density at radius 3 is 2.75 bits per heavy atom. The lowest BCUT2D eigenvalue weighted by Crippen LogP contribution is -2.54. The van der Waals surface area contributed by atoms with Gasteiger partial charge in [-0.1, -0.05) is 6.07 Å². The summed E-state index contributed by atoms with van der Waals surface area (Å²) in [6, 6.07) is 7.78. The molecule has 1 aliphatic rings. The standard InChI is InChI=1S/C21H22ClN5O/c1-13-9-23-20(22)25-18(13)15-8-17-19(28)27(21(3,4)12-26(17)10-15)11-16-7-5-6-14(2)24-16/h5-10H,11-12H2,1-4H3. The molecule has 144 valence electrons. The van der Waals surface area contributed by atoms with Crippen LogP contribution in [0, 0.1) is 13.8 Å². The van der Waals surface area contributed by atoms with Crippen LogP contribution < -0.4 is 0 Å². The van der Waals surface area contributed by atoms with Crippen molar-refractivity contribution < 1.29 is 4.79 Å². The van der Waals surface area contributed by atoms with Crippen LogP contribution in [-0.4, -0.2) is 35.9 Å². The summed E-state index contributed by atoms with van der Waals surface area (Å²) in [6.07, 6.45) is 3.67. The lowest BCUT2D eigenvalue weighted by Gasteiger charge is -2.42. The summed E-state index contributed by atoms with van der Waals surface area (Å²) in [6.45, 7) is 9.22. The maximum Gasteiger partial charge on any atom is 0.271 e. The normalized spacial score (nSPS) is 15.6. The summed E-state index contributed by atoms with van der Waals surface area (Å²) in [5.41, 5.74) is 4.68. The van der Waals surface area contributed by atoms with Crippen molar-refractivity contribution in [1.29, 1.82) is 0 Å². The minimum Gasteiger partial charge on any atom is -0.340 e. The molecule has 4 rings (SSSR count). The lowest BCUT2D eigenvalue weighted by atomic mass is 9.98. The SMILES string of the molecule is Cc1cccc(CN2C(=O)c3cc(-c4nc(Cl)ncc4C)cn3CC2(C)C)n1. The van der Waals surface area contributed by atoms with Crippen LogP contribution in [0.1, 0.15) is 41.3 Å². The third-order valence-corrected chi connectivity index (χ3v) is 5.31. The molecule has 0 N–H and O–H groups in total. The van der Waals surface area contributed by atoms with Crippen LogP contribution in [0.3, 0.4) is 0 Å². The molecule has 0 radical (unpaired) electrons. The summed E-state index contributed by atoms with van der Waals surface area (Å²) >= 11 is 5.98. The molecule has 28 heavy (non-hydrogen) atoms. The highest BCUT2D eigenvalue weighted by molar-refractivity contribution is 6.28. The first-order chi connectivity index (χ1) is 13.2. The molecule has 0 atom stereocenters. The van der Waals surface area contributed by atoms with Crippen molar-refractivity contribution >= 4 is 17.5 Å². The van der Waals surface area contributed by atoms with Crippen LogP contribution in [0.25, 0.3) is 11.3 Å². The lowest BCUT2D eigenvalue weighted by molar-refractivity contribution is 0.0383. The average molecular weight is 396 g/mol. The maximum atomic E-state index is 13.3. The number of carbonyl (C=O) groups is 1. The van der Waals surface area contributed by atoms with Gasteiger partial charge in [0.05, 0.1) is 23.5 Å². The summed E-state index contributed by atoms with van der Waals surface area (Å²) in [5.74, 6) is -0.0105. The van der Waals surface area contributed by atoms with Gasteiger partial charge in [-0.05, 0) is 63.1 Å². The van der Waals surface area contributed by atoms with Crippen LogP contribution >= 0.6 is 11.6 Å². The number of halogens is 1. The molecule has 0 aromatic carbocycles. The van der Waals surface area contributed by atoms with Crippen LogP contribution in [0.4, 0.5) is 0 Å². The summed E-state index contributed by atoms with van der Waals surface area (Å²) in [5, 5.41) is 0.198. The molecule has 3 aromatic heterocycles. The van der Waals surface area contributed by atoms with Crippen molar-refractivity contribution in [1.82, 2.24) is 24.4 Å². The van der Waals surface area contributed by atoms with Gasteiger partial charge in [0.2, 0.25) is 5.28 Å². The zero-order valence-corrected chi connectivity index (χ0v) is 17.2. The van der Waals surface area contributed by atoms with E-state index in [1.807, 2.05) is 53.8 Å². The Hall–Kier alpha value is -2.73. The van der Waals surface area contributed by atoms with Crippen LogP contribution in [-0.2, 0) is 13.1 Å². The van der Waals surface area contributed by atoms with E-state index in [0.29, 0.717) is 18.8 Å². The first-order valence-electron chi connectivity index (χ1n) is 9.19.